The van der Waals surface area contributed by atoms with E-state index < -0.39 is 5.60 Å². The predicted octanol–water partition coefficient (Wildman–Crippen LogP) is 1.70. The Morgan fingerprint density at radius 1 is 1.21 bits per heavy atom. The first-order chi connectivity index (χ1) is 11.6. The highest BCUT2D eigenvalue weighted by Crippen LogP contribution is 2.25. The number of rotatable bonds is 6. The summed E-state index contributed by atoms with van der Waals surface area (Å²) in [4.78, 5) is 24.1. The van der Waals surface area contributed by atoms with Crippen LogP contribution in [0.3, 0.4) is 0 Å². The summed E-state index contributed by atoms with van der Waals surface area (Å²) in [6.45, 7) is 5.44. The number of amides is 3. The van der Waals surface area contributed by atoms with Crippen molar-refractivity contribution in [3.05, 3.63) is 36.9 Å². The molecule has 1 aliphatic heterocycles. The van der Waals surface area contributed by atoms with Crippen LogP contribution in [0.4, 0.5) is 16.2 Å². The lowest BCUT2D eigenvalue weighted by molar-refractivity contribution is -0.140. The van der Waals surface area contributed by atoms with E-state index in [1.807, 2.05) is 0 Å². The van der Waals surface area contributed by atoms with Crippen molar-refractivity contribution in [2.24, 2.45) is 0 Å². The average Bonchev–Trinajstić information content (AvgIpc) is 2.62. The smallest absolute Gasteiger partial charge is 0.319 e. The van der Waals surface area contributed by atoms with Crippen LogP contribution in [-0.2, 0) is 9.53 Å². The van der Waals surface area contributed by atoms with Gasteiger partial charge in [0.15, 0.2) is 0 Å². The van der Waals surface area contributed by atoms with E-state index in [0.717, 1.165) is 13.1 Å². The molecule has 7 nitrogen and oxygen atoms in total. The molecule has 0 radical (unpaired) electrons. The van der Waals surface area contributed by atoms with Crippen LogP contribution in [0.25, 0.3) is 0 Å². The van der Waals surface area contributed by atoms with Crippen molar-refractivity contribution in [1.29, 1.82) is 0 Å². The number of carbonyl (C=O) groups is 2. The van der Waals surface area contributed by atoms with Crippen LogP contribution in [0.5, 0.6) is 0 Å². The molecule has 0 saturated carbocycles. The molecule has 7 heteroatoms. The molecule has 0 unspecified atom stereocenters. The first-order valence-electron chi connectivity index (χ1n) is 7.93. The summed E-state index contributed by atoms with van der Waals surface area (Å²) in [6.07, 6.45) is 2.88. The lowest BCUT2D eigenvalue weighted by atomic mass is 9.91. The van der Waals surface area contributed by atoms with Crippen LogP contribution in [0.2, 0.25) is 0 Å². The molecule has 1 saturated heterocycles. The highest BCUT2D eigenvalue weighted by molar-refractivity contribution is 5.98. The van der Waals surface area contributed by atoms with E-state index in [1.54, 1.807) is 37.5 Å². The van der Waals surface area contributed by atoms with Gasteiger partial charge in [0.05, 0.1) is 0 Å². The second kappa shape index (κ2) is 8.47. The molecule has 4 N–H and O–H groups in total. The third-order valence-electron chi connectivity index (χ3n) is 4.02. The summed E-state index contributed by atoms with van der Waals surface area (Å²) in [7, 11) is 1.57. The zero-order valence-electron chi connectivity index (χ0n) is 13.9. The second-order valence-corrected chi connectivity index (χ2v) is 5.60. The van der Waals surface area contributed by atoms with Gasteiger partial charge in [-0.25, -0.2) is 4.79 Å². The molecule has 2 rings (SSSR count). The SMILES string of the molecule is C=CCNC(=O)Nc1ccc(NC(=O)C2(OC)CCNCC2)cc1. The van der Waals surface area contributed by atoms with Crippen molar-refractivity contribution < 1.29 is 14.3 Å². The molecule has 24 heavy (non-hydrogen) atoms. The maximum Gasteiger partial charge on any atom is 0.319 e. The molecule has 0 aromatic heterocycles. The van der Waals surface area contributed by atoms with Crippen LogP contribution in [0.15, 0.2) is 36.9 Å². The highest BCUT2D eigenvalue weighted by atomic mass is 16.5. The number of carbonyl (C=O) groups excluding carboxylic acids is 2. The lowest BCUT2D eigenvalue weighted by Gasteiger charge is -2.34. The van der Waals surface area contributed by atoms with Gasteiger partial charge in [0.2, 0.25) is 0 Å². The number of hydrogen-bond donors (Lipinski definition) is 4. The fourth-order valence-corrected chi connectivity index (χ4v) is 2.58. The average molecular weight is 332 g/mol. The quantitative estimate of drug-likeness (QED) is 0.597. The molecule has 0 aliphatic carbocycles. The molecule has 1 aromatic carbocycles. The van der Waals surface area contributed by atoms with Crippen molar-refractivity contribution in [3.8, 4) is 0 Å². The van der Waals surface area contributed by atoms with E-state index in [2.05, 4.69) is 27.8 Å². The van der Waals surface area contributed by atoms with E-state index in [0.29, 0.717) is 30.8 Å². The Hall–Kier alpha value is -2.38. The maximum atomic E-state index is 12.5. The number of ether oxygens (including phenoxy) is 1. The van der Waals surface area contributed by atoms with Crippen LogP contribution in [0.1, 0.15) is 12.8 Å². The van der Waals surface area contributed by atoms with E-state index in [-0.39, 0.29) is 11.9 Å². The van der Waals surface area contributed by atoms with Crippen molar-refractivity contribution >= 4 is 23.3 Å². The molecule has 3 amide bonds. The van der Waals surface area contributed by atoms with E-state index in [4.69, 9.17) is 4.74 Å². The Balaban J connectivity index is 1.94. The summed E-state index contributed by atoms with van der Waals surface area (Å²) in [5.74, 6) is -0.143. The number of anilines is 2. The van der Waals surface area contributed by atoms with Crippen molar-refractivity contribution in [2.75, 3.05) is 37.4 Å². The Kier molecular flexibility index (Phi) is 6.34. The standard InChI is InChI=1S/C17H24N4O3/c1-3-10-19-16(23)21-14-6-4-13(5-7-14)20-15(22)17(24-2)8-11-18-12-9-17/h3-7,18H,1,8-12H2,2H3,(H,20,22)(H2,19,21,23). The third-order valence-corrected chi connectivity index (χ3v) is 4.02. The molecule has 1 heterocycles. The Morgan fingerprint density at radius 2 is 1.79 bits per heavy atom. The van der Waals surface area contributed by atoms with Crippen molar-refractivity contribution in [3.63, 3.8) is 0 Å². The van der Waals surface area contributed by atoms with Gasteiger partial charge in [-0.15, -0.1) is 6.58 Å². The summed E-state index contributed by atoms with van der Waals surface area (Å²) in [5.41, 5.74) is 0.511. The summed E-state index contributed by atoms with van der Waals surface area (Å²) >= 11 is 0. The van der Waals surface area contributed by atoms with Gasteiger partial charge in [0, 0.05) is 25.0 Å². The Morgan fingerprint density at radius 3 is 2.33 bits per heavy atom. The number of nitrogens with one attached hydrogen (secondary N) is 4. The molecule has 1 aromatic rings. The first-order valence-corrected chi connectivity index (χ1v) is 7.93. The molecule has 1 aliphatic rings. The van der Waals surface area contributed by atoms with Gasteiger partial charge < -0.3 is 26.0 Å². The zero-order chi connectivity index (χ0) is 17.4. The topological polar surface area (TPSA) is 91.5 Å². The number of piperidine rings is 1. The highest BCUT2D eigenvalue weighted by Gasteiger charge is 2.39. The molecular weight excluding hydrogens is 308 g/mol. The monoisotopic (exact) mass is 332 g/mol. The maximum absolute atomic E-state index is 12.5. The second-order valence-electron chi connectivity index (χ2n) is 5.60. The third kappa shape index (κ3) is 4.56. The van der Waals surface area contributed by atoms with Crippen LogP contribution in [0, 0.1) is 0 Å². The number of methoxy groups -OCH3 is 1. The molecule has 130 valence electrons. The van der Waals surface area contributed by atoms with Crippen molar-refractivity contribution in [2.45, 2.75) is 18.4 Å². The largest absolute Gasteiger partial charge is 0.368 e. The lowest BCUT2D eigenvalue weighted by Crippen LogP contribution is -2.51. The van der Waals surface area contributed by atoms with Crippen molar-refractivity contribution in [1.82, 2.24) is 10.6 Å². The molecular formula is C17H24N4O3. The van der Waals surface area contributed by atoms with E-state index in [9.17, 15) is 9.59 Å². The van der Waals surface area contributed by atoms with Gasteiger partial charge in [0.25, 0.3) is 5.91 Å². The minimum absolute atomic E-state index is 0.143. The summed E-state index contributed by atoms with van der Waals surface area (Å²) in [5, 5.41) is 11.4. The normalized spacial score (nSPS) is 16.0. The van der Waals surface area contributed by atoms with E-state index >= 15 is 0 Å². The van der Waals surface area contributed by atoms with Gasteiger partial charge in [-0.05, 0) is 50.2 Å². The number of benzene rings is 1. The van der Waals surface area contributed by atoms with Gasteiger partial charge >= 0.3 is 6.03 Å². The molecule has 1 fully saturated rings. The number of urea groups is 1. The van der Waals surface area contributed by atoms with Gasteiger partial charge in [-0.3, -0.25) is 4.79 Å². The van der Waals surface area contributed by atoms with Crippen LogP contribution < -0.4 is 21.3 Å². The summed E-state index contributed by atoms with van der Waals surface area (Å²) in [6, 6.07) is 6.63. The Bertz CT molecular complexity index is 580. The summed E-state index contributed by atoms with van der Waals surface area (Å²) < 4.78 is 5.50. The molecule has 0 spiro atoms. The molecule has 0 atom stereocenters. The number of hydrogen-bond acceptors (Lipinski definition) is 4. The minimum atomic E-state index is -0.785. The predicted molar refractivity (Wildman–Crippen MR) is 94.1 cm³/mol. The zero-order valence-corrected chi connectivity index (χ0v) is 13.9. The fraction of sp³-hybridized carbons (Fsp3) is 0.412. The van der Waals surface area contributed by atoms with Crippen LogP contribution in [-0.4, -0.2) is 44.3 Å². The van der Waals surface area contributed by atoms with Gasteiger partial charge in [-0.2, -0.15) is 0 Å². The Labute approximate surface area is 141 Å². The van der Waals surface area contributed by atoms with Gasteiger partial charge in [0.1, 0.15) is 5.60 Å². The first kappa shape index (κ1) is 18.0. The fourth-order valence-electron chi connectivity index (χ4n) is 2.58. The van der Waals surface area contributed by atoms with Gasteiger partial charge in [-0.1, -0.05) is 6.08 Å². The minimum Gasteiger partial charge on any atom is -0.368 e. The van der Waals surface area contributed by atoms with Crippen LogP contribution >= 0.6 is 0 Å². The molecule has 0 bridgehead atoms. The van der Waals surface area contributed by atoms with E-state index in [1.165, 1.54) is 0 Å².